The number of hydrogen-bond acceptors (Lipinski definition) is 8. The fourth-order valence-electron chi connectivity index (χ4n) is 5.05. The fourth-order valence-corrected chi connectivity index (χ4v) is 5.05. The first-order chi connectivity index (χ1) is 15.6. The molecule has 4 heterocycles. The zero-order valence-corrected chi connectivity index (χ0v) is 18.1. The lowest BCUT2D eigenvalue weighted by molar-refractivity contribution is -0.155. The number of ether oxygens (including phenoxy) is 2. The second-order valence-electron chi connectivity index (χ2n) is 8.69. The average molecular weight is 435 g/mol. The number of amides is 1. The van der Waals surface area contributed by atoms with Crippen molar-refractivity contribution in [3.05, 3.63) is 42.0 Å². The molecule has 0 N–H and O–H groups in total. The highest BCUT2D eigenvalue weighted by Crippen LogP contribution is 2.44. The molecule has 2 bridgehead atoms. The molecule has 3 fully saturated rings. The smallest absolute Gasteiger partial charge is 0.248 e. The molecule has 1 amide bonds. The van der Waals surface area contributed by atoms with E-state index in [0.29, 0.717) is 24.5 Å². The number of carbonyl (C=O) groups excluding carboxylic acids is 1. The van der Waals surface area contributed by atoms with Crippen molar-refractivity contribution in [3.8, 4) is 11.9 Å². The van der Waals surface area contributed by atoms with E-state index in [1.54, 1.807) is 25.4 Å². The van der Waals surface area contributed by atoms with Crippen LogP contribution in [-0.4, -0.2) is 64.6 Å². The van der Waals surface area contributed by atoms with E-state index in [0.717, 1.165) is 43.6 Å². The zero-order chi connectivity index (χ0) is 22.1. The van der Waals surface area contributed by atoms with Crippen molar-refractivity contribution in [3.63, 3.8) is 0 Å². The average Bonchev–Trinajstić information content (AvgIpc) is 3.07. The minimum atomic E-state index is -0.529. The Kier molecular flexibility index (Phi) is 5.39. The molecule has 1 aliphatic carbocycles. The van der Waals surface area contributed by atoms with Crippen LogP contribution in [0.3, 0.4) is 0 Å². The molecule has 32 heavy (non-hydrogen) atoms. The molecule has 9 heteroatoms. The number of pyridine rings is 1. The molecular formula is C23H26N6O3. The number of piperazine rings is 1. The van der Waals surface area contributed by atoms with Crippen LogP contribution in [0.2, 0.25) is 0 Å². The lowest BCUT2D eigenvalue weighted by Gasteiger charge is -2.43. The number of likely N-dealkylation sites (tertiary alicyclic amines) is 1. The van der Waals surface area contributed by atoms with E-state index in [9.17, 15) is 4.79 Å². The predicted molar refractivity (Wildman–Crippen MR) is 115 cm³/mol. The molecule has 1 saturated carbocycles. The molecule has 3 aliphatic rings. The fraction of sp³-hybridized carbons (Fsp3) is 0.522. The SMILES string of the molecule is COc1cc(C2(OCC(=O)N3CC4CCC(C3)N4c3ccc(C#N)cn3)CCC2)ncn1. The molecule has 2 aromatic heterocycles. The summed E-state index contributed by atoms with van der Waals surface area (Å²) in [5, 5.41) is 9.01. The van der Waals surface area contributed by atoms with Gasteiger partial charge in [0.25, 0.3) is 0 Å². The summed E-state index contributed by atoms with van der Waals surface area (Å²) in [5.74, 6) is 1.40. The predicted octanol–water partition coefficient (Wildman–Crippen LogP) is 2.03. The van der Waals surface area contributed by atoms with Crippen molar-refractivity contribution in [2.45, 2.75) is 49.8 Å². The van der Waals surface area contributed by atoms with Gasteiger partial charge in [0.1, 0.15) is 30.4 Å². The maximum absolute atomic E-state index is 13.1. The van der Waals surface area contributed by atoms with Crippen LogP contribution in [-0.2, 0) is 15.1 Å². The van der Waals surface area contributed by atoms with E-state index in [1.165, 1.54) is 6.33 Å². The highest BCUT2D eigenvalue weighted by molar-refractivity contribution is 5.78. The van der Waals surface area contributed by atoms with E-state index in [-0.39, 0.29) is 24.6 Å². The quantitative estimate of drug-likeness (QED) is 0.680. The van der Waals surface area contributed by atoms with E-state index >= 15 is 0 Å². The summed E-state index contributed by atoms with van der Waals surface area (Å²) < 4.78 is 11.4. The molecule has 166 valence electrons. The Morgan fingerprint density at radius 1 is 1.22 bits per heavy atom. The minimum absolute atomic E-state index is 0.0154. The molecule has 0 aromatic carbocycles. The monoisotopic (exact) mass is 434 g/mol. The molecule has 2 unspecified atom stereocenters. The first-order valence-corrected chi connectivity index (χ1v) is 11.0. The van der Waals surface area contributed by atoms with Gasteiger partial charge < -0.3 is 19.3 Å². The third-order valence-electron chi connectivity index (χ3n) is 6.93. The van der Waals surface area contributed by atoms with Gasteiger partial charge in [0.15, 0.2) is 0 Å². The lowest BCUT2D eigenvalue weighted by atomic mass is 9.77. The third-order valence-corrected chi connectivity index (χ3v) is 6.93. The van der Waals surface area contributed by atoms with Crippen LogP contribution >= 0.6 is 0 Å². The van der Waals surface area contributed by atoms with Gasteiger partial charge in [-0.25, -0.2) is 15.0 Å². The Balaban J connectivity index is 1.23. The maximum atomic E-state index is 13.1. The standard InChI is InChI=1S/C23H26N6O3/c1-31-21-9-19(26-15-27-21)23(7-2-8-23)32-14-22(30)28-12-17-4-5-18(13-28)29(17)20-6-3-16(10-24)11-25-20/h3,6,9,11,15,17-18H,2,4-5,7-8,12-14H2,1H3. The highest BCUT2D eigenvalue weighted by Gasteiger charge is 2.44. The van der Waals surface area contributed by atoms with E-state index in [1.807, 2.05) is 11.0 Å². The Bertz CT molecular complexity index is 1020. The van der Waals surface area contributed by atoms with Gasteiger partial charge in [-0.2, -0.15) is 5.26 Å². The maximum Gasteiger partial charge on any atom is 0.248 e. The summed E-state index contributed by atoms with van der Waals surface area (Å²) in [6.07, 6.45) is 7.87. The number of anilines is 1. The minimum Gasteiger partial charge on any atom is -0.481 e. The molecule has 0 radical (unpaired) electrons. The van der Waals surface area contributed by atoms with Gasteiger partial charge in [-0.3, -0.25) is 4.79 Å². The van der Waals surface area contributed by atoms with Crippen LogP contribution in [0.15, 0.2) is 30.7 Å². The van der Waals surface area contributed by atoms with Gasteiger partial charge in [0, 0.05) is 37.4 Å². The first-order valence-electron chi connectivity index (χ1n) is 11.0. The van der Waals surface area contributed by atoms with Crippen molar-refractivity contribution in [1.29, 1.82) is 5.26 Å². The highest BCUT2D eigenvalue weighted by atomic mass is 16.5. The van der Waals surface area contributed by atoms with E-state index in [4.69, 9.17) is 14.7 Å². The van der Waals surface area contributed by atoms with Crippen LogP contribution < -0.4 is 9.64 Å². The summed E-state index contributed by atoms with van der Waals surface area (Å²) in [6.45, 7) is 1.37. The second-order valence-corrected chi connectivity index (χ2v) is 8.69. The van der Waals surface area contributed by atoms with Crippen molar-refractivity contribution in [1.82, 2.24) is 19.9 Å². The summed E-state index contributed by atoms with van der Waals surface area (Å²) in [5.41, 5.74) is 0.803. The summed E-state index contributed by atoms with van der Waals surface area (Å²) in [4.78, 5) is 30.2. The molecule has 0 spiro atoms. The third kappa shape index (κ3) is 3.65. The molecule has 2 aromatic rings. The van der Waals surface area contributed by atoms with Gasteiger partial charge >= 0.3 is 0 Å². The van der Waals surface area contributed by atoms with Crippen LogP contribution in [0.1, 0.15) is 43.4 Å². The van der Waals surface area contributed by atoms with Gasteiger partial charge in [-0.1, -0.05) is 0 Å². The Morgan fingerprint density at radius 3 is 2.59 bits per heavy atom. The zero-order valence-electron chi connectivity index (χ0n) is 18.1. The Labute approximate surface area is 187 Å². The Morgan fingerprint density at radius 2 is 2.00 bits per heavy atom. The first kappa shape index (κ1) is 20.6. The van der Waals surface area contributed by atoms with E-state index in [2.05, 4.69) is 25.9 Å². The van der Waals surface area contributed by atoms with Crippen LogP contribution in [0.4, 0.5) is 5.82 Å². The van der Waals surface area contributed by atoms with Gasteiger partial charge in [-0.15, -0.1) is 0 Å². The van der Waals surface area contributed by atoms with Crippen molar-refractivity contribution < 1.29 is 14.3 Å². The number of rotatable bonds is 6. The van der Waals surface area contributed by atoms with Crippen LogP contribution in [0, 0.1) is 11.3 Å². The van der Waals surface area contributed by atoms with Gasteiger partial charge in [0.2, 0.25) is 11.8 Å². The number of fused-ring (bicyclic) bond motifs is 2. The molecular weight excluding hydrogens is 408 g/mol. The lowest BCUT2D eigenvalue weighted by Crippen LogP contribution is -2.56. The second kappa shape index (κ2) is 8.36. The molecule has 2 atom stereocenters. The van der Waals surface area contributed by atoms with Crippen molar-refractivity contribution in [2.24, 2.45) is 0 Å². The number of aromatic nitrogens is 3. The largest absolute Gasteiger partial charge is 0.481 e. The van der Waals surface area contributed by atoms with Crippen molar-refractivity contribution >= 4 is 11.7 Å². The van der Waals surface area contributed by atoms with Crippen molar-refractivity contribution in [2.75, 3.05) is 31.7 Å². The topological polar surface area (TPSA) is 104 Å². The summed E-state index contributed by atoms with van der Waals surface area (Å²) in [7, 11) is 1.57. The summed E-state index contributed by atoms with van der Waals surface area (Å²) in [6, 6.07) is 8.09. The van der Waals surface area contributed by atoms with Gasteiger partial charge in [0.05, 0.1) is 18.4 Å². The summed E-state index contributed by atoms with van der Waals surface area (Å²) >= 11 is 0. The number of nitrogens with zero attached hydrogens (tertiary/aromatic N) is 6. The van der Waals surface area contributed by atoms with Crippen LogP contribution in [0.25, 0.3) is 0 Å². The normalized spacial score (nSPS) is 23.4. The van der Waals surface area contributed by atoms with E-state index < -0.39 is 5.60 Å². The number of methoxy groups -OCH3 is 1. The Hall–Kier alpha value is -3.25. The molecule has 2 saturated heterocycles. The molecule has 5 rings (SSSR count). The molecule has 2 aliphatic heterocycles. The van der Waals surface area contributed by atoms with Crippen LogP contribution in [0.5, 0.6) is 5.88 Å². The van der Waals surface area contributed by atoms with Gasteiger partial charge in [-0.05, 0) is 44.2 Å². The number of carbonyl (C=O) groups is 1. The molecule has 9 nitrogen and oxygen atoms in total. The number of hydrogen-bond donors (Lipinski definition) is 0. The number of nitriles is 1.